The first-order valence-corrected chi connectivity index (χ1v) is 13.8. The first kappa shape index (κ1) is 29.7. The molecule has 224 valence electrons. The highest BCUT2D eigenvalue weighted by atomic mass is 16.5. The number of aliphatic hydroxyl groups is 3. The van der Waals surface area contributed by atoms with Crippen molar-refractivity contribution >= 4 is 23.2 Å². The summed E-state index contributed by atoms with van der Waals surface area (Å²) in [6.45, 7) is 0.610. The molecule has 2 aromatic rings. The number of phenolic OH excluding ortho intramolecular Hbond substituents is 1. The molecule has 0 aliphatic heterocycles. The molecule has 42 heavy (non-hydrogen) atoms. The Balaban J connectivity index is 1.68. The second-order valence-corrected chi connectivity index (χ2v) is 12.0. The van der Waals surface area contributed by atoms with Crippen molar-refractivity contribution in [3.63, 3.8) is 0 Å². The van der Waals surface area contributed by atoms with Crippen LogP contribution in [-0.2, 0) is 27.3 Å². The zero-order valence-corrected chi connectivity index (χ0v) is 24.3. The predicted molar refractivity (Wildman–Crippen MR) is 153 cm³/mol. The number of aromatic hydroxyl groups is 1. The quantitative estimate of drug-likeness (QED) is 0.309. The van der Waals surface area contributed by atoms with Crippen LogP contribution in [0.25, 0.3) is 16.9 Å². The van der Waals surface area contributed by atoms with Gasteiger partial charge in [-0.2, -0.15) is 0 Å². The summed E-state index contributed by atoms with van der Waals surface area (Å²) < 4.78 is 5.54. The second-order valence-electron chi connectivity index (χ2n) is 12.0. The van der Waals surface area contributed by atoms with E-state index in [1.807, 2.05) is 37.2 Å². The molecular formula is C31H37N3O8. The molecule has 0 spiro atoms. The summed E-state index contributed by atoms with van der Waals surface area (Å²) in [4.78, 5) is 43.3. The number of benzene rings is 2. The average Bonchev–Trinajstić information content (AvgIpc) is 2.90. The fourth-order valence-corrected chi connectivity index (χ4v) is 7.29. The number of carbonyl (C=O) groups excluding carboxylic acids is 3. The van der Waals surface area contributed by atoms with Crippen LogP contribution in [-0.4, -0.2) is 101 Å². The molecule has 1 amide bonds. The van der Waals surface area contributed by atoms with Crippen molar-refractivity contribution in [2.75, 3.05) is 35.3 Å². The highest BCUT2D eigenvalue weighted by molar-refractivity contribution is 6.25. The van der Waals surface area contributed by atoms with Gasteiger partial charge in [-0.05, 0) is 81.8 Å². The van der Waals surface area contributed by atoms with Crippen molar-refractivity contribution in [2.45, 2.75) is 37.1 Å². The number of fused-ring (bicyclic) bond motifs is 3. The van der Waals surface area contributed by atoms with E-state index >= 15 is 0 Å². The van der Waals surface area contributed by atoms with Crippen molar-refractivity contribution < 1.29 is 39.5 Å². The maximum Gasteiger partial charge on any atom is 0.230 e. The number of hydrogen-bond donors (Lipinski definition) is 5. The maximum absolute atomic E-state index is 14.0. The van der Waals surface area contributed by atoms with Crippen LogP contribution < -0.4 is 10.5 Å². The molecule has 11 heteroatoms. The zero-order valence-electron chi connectivity index (χ0n) is 24.3. The minimum Gasteiger partial charge on any atom is -0.507 e. The summed E-state index contributed by atoms with van der Waals surface area (Å²) in [5, 5.41) is 45.2. The van der Waals surface area contributed by atoms with Gasteiger partial charge < -0.3 is 40.7 Å². The summed E-state index contributed by atoms with van der Waals surface area (Å²) in [5.41, 5.74) is 5.73. The number of likely N-dealkylation sites (N-methyl/N-ethyl adjacent to an activating group) is 1. The standard InChI is InChI=1S/C31H37N3O8/c1-33(2)13-16-10-14(6-9-21(16)42-5)17-7-8-20(35)23-18(17)11-15-12-19-25(34(3)4)27(37)24(30(32)40)29(39)31(19,41)28(38)22(15)26(23)36/h6-10,15,19,24-25,27,35-37,41H,11-13H2,1-5H3,(H2,32,40)/t15-,19-,24?,25-,27?,31-/m1/s1. The van der Waals surface area contributed by atoms with Gasteiger partial charge in [-0.3, -0.25) is 14.4 Å². The number of nitrogens with zero attached hydrogens (tertiary/aromatic N) is 2. The lowest BCUT2D eigenvalue weighted by atomic mass is 9.54. The number of methoxy groups -OCH3 is 1. The predicted octanol–water partition coefficient (Wildman–Crippen LogP) is 0.866. The Bertz CT molecular complexity index is 1520. The van der Waals surface area contributed by atoms with Crippen LogP contribution in [0.15, 0.2) is 35.9 Å². The molecule has 6 N–H and O–H groups in total. The SMILES string of the molecule is COc1ccc(-c2ccc(O)c3c2C[C@@H]2C[C@@H]4[C@@H](N(C)C)C(O)C(C(N)=O)C(=O)[C@]4(O)C(=O)C2=C3O)cc1CN(C)C. The van der Waals surface area contributed by atoms with E-state index in [4.69, 9.17) is 10.5 Å². The lowest BCUT2D eigenvalue weighted by Gasteiger charge is -2.53. The van der Waals surface area contributed by atoms with Gasteiger partial charge in [0.2, 0.25) is 11.7 Å². The summed E-state index contributed by atoms with van der Waals surface area (Å²) in [5.74, 6) is -6.94. The minimum absolute atomic E-state index is 0.0537. The molecule has 0 aromatic heterocycles. The van der Waals surface area contributed by atoms with E-state index in [0.717, 1.165) is 16.7 Å². The molecule has 2 unspecified atom stereocenters. The van der Waals surface area contributed by atoms with Gasteiger partial charge in [0.25, 0.3) is 0 Å². The van der Waals surface area contributed by atoms with E-state index in [2.05, 4.69) is 0 Å². The number of nitrogens with two attached hydrogens (primary N) is 1. The van der Waals surface area contributed by atoms with Gasteiger partial charge in [0.15, 0.2) is 11.4 Å². The van der Waals surface area contributed by atoms with Crippen LogP contribution in [0.2, 0.25) is 0 Å². The number of rotatable bonds is 6. The van der Waals surface area contributed by atoms with Gasteiger partial charge in [0.1, 0.15) is 23.2 Å². The van der Waals surface area contributed by atoms with Crippen LogP contribution in [0, 0.1) is 17.8 Å². The number of amides is 1. The topological polar surface area (TPSA) is 174 Å². The third-order valence-corrected chi connectivity index (χ3v) is 9.05. The number of Topliss-reactive ketones (excluding diaryl/α,β-unsaturated/α-hetero) is 2. The third-order valence-electron chi connectivity index (χ3n) is 9.05. The fourth-order valence-electron chi connectivity index (χ4n) is 7.29. The number of aliphatic hydroxyl groups excluding tert-OH is 2. The normalized spacial score (nSPS) is 28.9. The average molecular weight is 580 g/mol. The monoisotopic (exact) mass is 579 g/mol. The number of ketones is 2. The number of hydrogen-bond acceptors (Lipinski definition) is 10. The van der Waals surface area contributed by atoms with Gasteiger partial charge in [-0.1, -0.05) is 12.1 Å². The van der Waals surface area contributed by atoms with E-state index in [1.165, 1.54) is 6.07 Å². The Labute approximate surface area is 243 Å². The number of phenols is 1. The lowest BCUT2D eigenvalue weighted by Crippen LogP contribution is -2.73. The molecule has 2 saturated carbocycles. The lowest BCUT2D eigenvalue weighted by molar-refractivity contribution is -0.184. The maximum atomic E-state index is 14.0. The molecule has 5 rings (SSSR count). The fraction of sp³-hybridized carbons (Fsp3) is 0.452. The largest absolute Gasteiger partial charge is 0.507 e. The summed E-state index contributed by atoms with van der Waals surface area (Å²) in [6, 6.07) is 7.95. The number of ether oxygens (including phenoxy) is 1. The van der Waals surface area contributed by atoms with Crippen molar-refractivity contribution in [3.8, 4) is 22.6 Å². The molecule has 3 aliphatic rings. The highest BCUT2D eigenvalue weighted by Gasteiger charge is 2.67. The van der Waals surface area contributed by atoms with Gasteiger partial charge in [0.05, 0.1) is 18.8 Å². The van der Waals surface area contributed by atoms with Crippen LogP contribution >= 0.6 is 0 Å². The van der Waals surface area contributed by atoms with E-state index < -0.39 is 58.7 Å². The second kappa shape index (κ2) is 10.5. The molecule has 11 nitrogen and oxygen atoms in total. The van der Waals surface area contributed by atoms with E-state index in [-0.39, 0.29) is 29.7 Å². The molecule has 0 bridgehead atoms. The van der Waals surface area contributed by atoms with Crippen molar-refractivity contribution in [3.05, 3.63) is 52.6 Å². The van der Waals surface area contributed by atoms with Crippen molar-refractivity contribution in [1.29, 1.82) is 0 Å². The molecule has 2 aromatic carbocycles. The smallest absolute Gasteiger partial charge is 0.230 e. The number of carbonyl (C=O) groups is 3. The van der Waals surface area contributed by atoms with Crippen LogP contribution in [0.3, 0.4) is 0 Å². The molecule has 2 fully saturated rings. The van der Waals surface area contributed by atoms with E-state index in [9.17, 15) is 34.8 Å². The molecule has 3 aliphatic carbocycles. The zero-order chi connectivity index (χ0) is 30.8. The van der Waals surface area contributed by atoms with Crippen LogP contribution in [0.4, 0.5) is 0 Å². The minimum atomic E-state index is -2.69. The number of primary amides is 1. The van der Waals surface area contributed by atoms with Gasteiger partial charge in [-0.25, -0.2) is 0 Å². The Morgan fingerprint density at radius 1 is 1.12 bits per heavy atom. The van der Waals surface area contributed by atoms with Gasteiger partial charge in [0, 0.05) is 29.6 Å². The molecule has 6 atom stereocenters. The van der Waals surface area contributed by atoms with Crippen LogP contribution in [0.5, 0.6) is 11.5 Å². The molecule has 0 heterocycles. The van der Waals surface area contributed by atoms with Crippen molar-refractivity contribution in [1.82, 2.24) is 9.80 Å². The van der Waals surface area contributed by atoms with Crippen molar-refractivity contribution in [2.24, 2.45) is 23.5 Å². The summed E-state index contributed by atoms with van der Waals surface area (Å²) in [6.07, 6.45) is -1.26. The van der Waals surface area contributed by atoms with E-state index in [1.54, 1.807) is 32.2 Å². The first-order valence-electron chi connectivity index (χ1n) is 13.8. The highest BCUT2D eigenvalue weighted by Crippen LogP contribution is 2.53. The molecule has 0 saturated heterocycles. The molecule has 0 radical (unpaired) electrons. The van der Waals surface area contributed by atoms with Gasteiger partial charge >= 0.3 is 0 Å². The molecular weight excluding hydrogens is 542 g/mol. The van der Waals surface area contributed by atoms with Gasteiger partial charge in [-0.15, -0.1) is 0 Å². The summed E-state index contributed by atoms with van der Waals surface area (Å²) in [7, 11) is 8.73. The summed E-state index contributed by atoms with van der Waals surface area (Å²) >= 11 is 0. The Hall–Kier alpha value is -3.77. The Morgan fingerprint density at radius 2 is 1.81 bits per heavy atom. The third kappa shape index (κ3) is 4.30. The first-order chi connectivity index (χ1) is 19.7. The van der Waals surface area contributed by atoms with E-state index in [0.29, 0.717) is 17.9 Å². The Kier molecular flexibility index (Phi) is 7.43. The Morgan fingerprint density at radius 3 is 2.40 bits per heavy atom. The van der Waals surface area contributed by atoms with Crippen LogP contribution in [0.1, 0.15) is 23.1 Å².